The molecule has 0 aliphatic heterocycles. The highest BCUT2D eigenvalue weighted by atomic mass is 16.6. The van der Waals surface area contributed by atoms with Gasteiger partial charge in [-0.1, -0.05) is 30.3 Å². The smallest absolute Gasteiger partial charge is 0.429 e. The highest BCUT2D eigenvalue weighted by Gasteiger charge is 2.28. The molecule has 0 fully saturated rings. The lowest BCUT2D eigenvalue weighted by molar-refractivity contribution is 0.0197. The van der Waals surface area contributed by atoms with E-state index in [1.54, 1.807) is 27.7 Å². The van der Waals surface area contributed by atoms with Crippen molar-refractivity contribution in [3.05, 3.63) is 35.9 Å². The monoisotopic (exact) mass is 338 g/mol. The number of nitrogens with one attached hydrogen (secondary N) is 1. The molecule has 0 aliphatic carbocycles. The van der Waals surface area contributed by atoms with Crippen LogP contribution in [0, 0.1) is 0 Å². The maximum atomic E-state index is 12.3. The van der Waals surface area contributed by atoms with Crippen LogP contribution in [0.1, 0.15) is 33.3 Å². The second-order valence-electron chi connectivity index (χ2n) is 5.89. The predicted molar refractivity (Wildman–Crippen MR) is 89.2 cm³/mol. The number of hydrazine groups is 1. The summed E-state index contributed by atoms with van der Waals surface area (Å²) in [5.74, 6) is 0. The number of benzene rings is 1. The minimum absolute atomic E-state index is 0.338. The average molecular weight is 338 g/mol. The van der Waals surface area contributed by atoms with Gasteiger partial charge < -0.3 is 14.6 Å². The zero-order chi connectivity index (χ0) is 18.1. The molecular weight excluding hydrogens is 312 g/mol. The van der Waals surface area contributed by atoms with Gasteiger partial charge in [-0.15, -0.1) is 0 Å². The summed E-state index contributed by atoms with van der Waals surface area (Å²) < 4.78 is 10.1. The Kier molecular flexibility index (Phi) is 8.05. The van der Waals surface area contributed by atoms with Crippen molar-refractivity contribution in [3.63, 3.8) is 0 Å². The van der Waals surface area contributed by atoms with Crippen LogP contribution < -0.4 is 5.43 Å². The van der Waals surface area contributed by atoms with Gasteiger partial charge in [-0.3, -0.25) is 0 Å². The van der Waals surface area contributed by atoms with Crippen molar-refractivity contribution in [3.8, 4) is 0 Å². The highest BCUT2D eigenvalue weighted by molar-refractivity contribution is 5.74. The number of aliphatic hydroxyl groups is 1. The summed E-state index contributed by atoms with van der Waals surface area (Å²) in [7, 11) is 0. The molecule has 1 atom stereocenters. The number of ether oxygens (including phenoxy) is 2. The largest absolute Gasteiger partial charge is 0.446 e. The van der Waals surface area contributed by atoms with Gasteiger partial charge in [0.1, 0.15) is 0 Å². The van der Waals surface area contributed by atoms with Gasteiger partial charge in [0.05, 0.1) is 24.9 Å². The van der Waals surface area contributed by atoms with Gasteiger partial charge >= 0.3 is 12.2 Å². The molecular formula is C17H26N2O5. The standard InChI is InChI=1S/C17H26N2O5/c1-12(2)23-16(21)18-19(17(22)24-13(3)4)15(11-20)10-14-8-6-5-7-9-14/h5-9,12-13,15,20H,10-11H2,1-4H3,(H,18,21)/t15-/m0/s1. The lowest BCUT2D eigenvalue weighted by atomic mass is 10.1. The number of carbonyl (C=O) groups is 2. The lowest BCUT2D eigenvalue weighted by Crippen LogP contribution is -2.55. The van der Waals surface area contributed by atoms with Crippen molar-refractivity contribution in [2.45, 2.75) is 52.4 Å². The molecule has 0 saturated carbocycles. The fraction of sp³-hybridized carbons (Fsp3) is 0.529. The van der Waals surface area contributed by atoms with Crippen LogP contribution in [-0.2, 0) is 15.9 Å². The van der Waals surface area contributed by atoms with E-state index in [-0.39, 0.29) is 18.8 Å². The Hall–Kier alpha value is -2.28. The molecule has 0 aliphatic rings. The Bertz CT molecular complexity index is 519. The van der Waals surface area contributed by atoms with Crippen LogP contribution >= 0.6 is 0 Å². The van der Waals surface area contributed by atoms with Crippen LogP contribution in [0.5, 0.6) is 0 Å². The van der Waals surface area contributed by atoms with Gasteiger partial charge in [0, 0.05) is 0 Å². The Morgan fingerprint density at radius 2 is 1.67 bits per heavy atom. The second kappa shape index (κ2) is 9.77. The van der Waals surface area contributed by atoms with Crippen molar-refractivity contribution >= 4 is 12.2 Å². The van der Waals surface area contributed by atoms with Crippen LogP contribution in [0.4, 0.5) is 9.59 Å². The van der Waals surface area contributed by atoms with Crippen molar-refractivity contribution in [2.75, 3.05) is 6.61 Å². The van der Waals surface area contributed by atoms with Gasteiger partial charge in [0.25, 0.3) is 0 Å². The maximum Gasteiger partial charge on any atom is 0.429 e. The number of hydrogen-bond donors (Lipinski definition) is 2. The van der Waals surface area contributed by atoms with E-state index < -0.39 is 18.2 Å². The van der Waals surface area contributed by atoms with Crippen molar-refractivity contribution < 1.29 is 24.2 Å². The van der Waals surface area contributed by atoms with E-state index in [4.69, 9.17) is 9.47 Å². The van der Waals surface area contributed by atoms with Gasteiger partial charge in [-0.05, 0) is 39.7 Å². The SMILES string of the molecule is CC(C)OC(=O)NN(C(=O)OC(C)C)[C@H](CO)Cc1ccccc1. The topological polar surface area (TPSA) is 88.1 Å². The minimum Gasteiger partial charge on any atom is -0.446 e. The van der Waals surface area contributed by atoms with Gasteiger partial charge in [0.2, 0.25) is 0 Å². The Morgan fingerprint density at radius 1 is 1.08 bits per heavy atom. The summed E-state index contributed by atoms with van der Waals surface area (Å²) >= 11 is 0. The van der Waals surface area contributed by atoms with Gasteiger partial charge in [0.15, 0.2) is 0 Å². The Morgan fingerprint density at radius 3 is 2.17 bits per heavy atom. The van der Waals surface area contributed by atoms with Crippen LogP contribution in [0.3, 0.4) is 0 Å². The number of nitrogens with zero attached hydrogens (tertiary/aromatic N) is 1. The summed E-state index contributed by atoms with van der Waals surface area (Å²) in [5, 5.41) is 10.7. The Balaban J connectivity index is 2.90. The van der Waals surface area contributed by atoms with E-state index in [2.05, 4.69) is 5.43 Å². The number of carbonyl (C=O) groups excluding carboxylic acids is 2. The predicted octanol–water partition coefficient (Wildman–Crippen LogP) is 2.49. The minimum atomic E-state index is -0.780. The zero-order valence-corrected chi connectivity index (χ0v) is 14.6. The van der Waals surface area contributed by atoms with E-state index in [9.17, 15) is 14.7 Å². The molecule has 24 heavy (non-hydrogen) atoms. The summed E-state index contributed by atoms with van der Waals surface area (Å²) in [6.45, 7) is 6.46. The molecule has 2 N–H and O–H groups in total. The summed E-state index contributed by atoms with van der Waals surface area (Å²) in [6.07, 6.45) is -1.88. The number of rotatable bonds is 6. The fourth-order valence-electron chi connectivity index (χ4n) is 2.01. The van der Waals surface area contributed by atoms with E-state index in [0.29, 0.717) is 6.42 Å². The highest BCUT2D eigenvalue weighted by Crippen LogP contribution is 2.10. The average Bonchev–Trinajstić information content (AvgIpc) is 2.50. The molecule has 1 aromatic rings. The first-order valence-corrected chi connectivity index (χ1v) is 7.95. The molecule has 0 bridgehead atoms. The molecule has 1 rings (SSSR count). The van der Waals surface area contributed by atoms with Crippen molar-refractivity contribution in [2.24, 2.45) is 0 Å². The van der Waals surface area contributed by atoms with Crippen LogP contribution in [0.15, 0.2) is 30.3 Å². The van der Waals surface area contributed by atoms with Crippen LogP contribution in [0.2, 0.25) is 0 Å². The first-order chi connectivity index (χ1) is 11.3. The molecule has 0 spiro atoms. The van der Waals surface area contributed by atoms with Gasteiger partial charge in [-0.25, -0.2) is 20.0 Å². The molecule has 0 heterocycles. The van der Waals surface area contributed by atoms with Crippen LogP contribution in [0.25, 0.3) is 0 Å². The zero-order valence-electron chi connectivity index (χ0n) is 14.6. The first kappa shape index (κ1) is 19.8. The third-order valence-electron chi connectivity index (χ3n) is 2.98. The van der Waals surface area contributed by atoms with E-state index >= 15 is 0 Å². The number of hydrogen-bond acceptors (Lipinski definition) is 5. The molecule has 7 nitrogen and oxygen atoms in total. The molecule has 0 radical (unpaired) electrons. The van der Waals surface area contributed by atoms with Crippen LogP contribution in [-0.4, -0.2) is 47.2 Å². The molecule has 2 amide bonds. The Labute approximate surface area is 142 Å². The molecule has 0 unspecified atom stereocenters. The fourth-order valence-corrected chi connectivity index (χ4v) is 2.01. The van der Waals surface area contributed by atoms with Crippen molar-refractivity contribution in [1.29, 1.82) is 0 Å². The van der Waals surface area contributed by atoms with E-state index in [1.807, 2.05) is 30.3 Å². The van der Waals surface area contributed by atoms with Crippen molar-refractivity contribution in [1.82, 2.24) is 10.4 Å². The summed E-state index contributed by atoms with van der Waals surface area (Å²) in [4.78, 5) is 24.2. The molecule has 0 aromatic heterocycles. The van der Waals surface area contributed by atoms with Gasteiger partial charge in [-0.2, -0.15) is 0 Å². The molecule has 7 heteroatoms. The molecule has 134 valence electrons. The maximum absolute atomic E-state index is 12.3. The lowest BCUT2D eigenvalue weighted by Gasteiger charge is -2.30. The third-order valence-corrected chi connectivity index (χ3v) is 2.98. The van der Waals surface area contributed by atoms with E-state index in [1.165, 1.54) is 0 Å². The first-order valence-electron chi connectivity index (χ1n) is 7.95. The quantitative estimate of drug-likeness (QED) is 0.778. The number of amides is 2. The number of aliphatic hydroxyl groups excluding tert-OH is 1. The second-order valence-corrected chi connectivity index (χ2v) is 5.89. The normalized spacial score (nSPS) is 12.0. The van der Waals surface area contributed by atoms with E-state index in [0.717, 1.165) is 10.6 Å². The molecule has 0 saturated heterocycles. The molecule has 1 aromatic carbocycles. The summed E-state index contributed by atoms with van der Waals surface area (Å²) in [5.41, 5.74) is 3.28. The summed E-state index contributed by atoms with van der Waals surface area (Å²) in [6, 6.07) is 8.67. The third kappa shape index (κ3) is 6.87.